The van der Waals surface area contributed by atoms with Crippen molar-refractivity contribution in [2.75, 3.05) is 18.8 Å². The summed E-state index contributed by atoms with van der Waals surface area (Å²) in [5.41, 5.74) is 7.38. The summed E-state index contributed by atoms with van der Waals surface area (Å²) in [4.78, 5) is 2.30. The fraction of sp³-hybridized carbons (Fsp3) is 0.571. The van der Waals surface area contributed by atoms with Crippen molar-refractivity contribution < 1.29 is 4.39 Å². The summed E-state index contributed by atoms with van der Waals surface area (Å²) in [6.07, 6.45) is 2.43. The Labute approximate surface area is 103 Å². The number of piperidine rings is 1. The molecule has 2 N–H and O–H groups in total. The topological polar surface area (TPSA) is 29.3 Å². The highest BCUT2D eigenvalue weighted by molar-refractivity contribution is 5.47. The number of nitrogens with two attached hydrogens (primary N) is 1. The minimum atomic E-state index is -0.187. The van der Waals surface area contributed by atoms with E-state index in [0.29, 0.717) is 23.2 Å². The highest BCUT2D eigenvalue weighted by Gasteiger charge is 2.26. The number of hydrogen-bond donors (Lipinski definition) is 1. The highest BCUT2D eigenvalue weighted by atomic mass is 19.1. The van der Waals surface area contributed by atoms with Crippen molar-refractivity contribution in [3.63, 3.8) is 0 Å². The monoisotopic (exact) mass is 236 g/mol. The van der Waals surface area contributed by atoms with Gasteiger partial charge in [0.25, 0.3) is 0 Å². The van der Waals surface area contributed by atoms with Crippen LogP contribution < -0.4 is 5.73 Å². The standard InChI is InChI=1S/C14H21FN2/c1-14(2)7-4-8-17(10-14)9-11-12(15)5-3-6-13(11)16/h3,5-6H,4,7-10,16H2,1-2H3. The van der Waals surface area contributed by atoms with E-state index in [1.54, 1.807) is 12.1 Å². The Balaban J connectivity index is 2.10. The maximum atomic E-state index is 13.7. The number of nitrogens with zero attached hydrogens (tertiary/aromatic N) is 1. The summed E-state index contributed by atoms with van der Waals surface area (Å²) >= 11 is 0. The maximum Gasteiger partial charge on any atom is 0.129 e. The van der Waals surface area contributed by atoms with E-state index in [2.05, 4.69) is 18.7 Å². The van der Waals surface area contributed by atoms with Gasteiger partial charge in [0.2, 0.25) is 0 Å². The number of anilines is 1. The van der Waals surface area contributed by atoms with Crippen molar-refractivity contribution in [2.45, 2.75) is 33.2 Å². The van der Waals surface area contributed by atoms with Gasteiger partial charge in [-0.25, -0.2) is 4.39 Å². The number of nitrogen functional groups attached to an aromatic ring is 1. The number of halogens is 1. The van der Waals surface area contributed by atoms with Crippen molar-refractivity contribution in [1.29, 1.82) is 0 Å². The van der Waals surface area contributed by atoms with Gasteiger partial charge in [-0.15, -0.1) is 0 Å². The lowest BCUT2D eigenvalue weighted by atomic mass is 9.84. The predicted octanol–water partition coefficient (Wildman–Crippen LogP) is 3.03. The third-order valence-electron chi connectivity index (χ3n) is 3.52. The largest absolute Gasteiger partial charge is 0.398 e. The summed E-state index contributed by atoms with van der Waals surface area (Å²) in [5, 5.41) is 0. The molecule has 2 nitrogen and oxygen atoms in total. The van der Waals surface area contributed by atoms with E-state index < -0.39 is 0 Å². The summed E-state index contributed by atoms with van der Waals surface area (Å²) in [5.74, 6) is -0.187. The third kappa shape index (κ3) is 2.97. The van der Waals surface area contributed by atoms with Crippen LogP contribution in [0.4, 0.5) is 10.1 Å². The molecular formula is C14H21FN2. The van der Waals surface area contributed by atoms with Crippen LogP contribution in [-0.2, 0) is 6.54 Å². The first-order chi connectivity index (χ1) is 7.98. The normalized spacial score (nSPS) is 20.4. The van der Waals surface area contributed by atoms with Crippen molar-refractivity contribution in [1.82, 2.24) is 4.90 Å². The molecule has 2 rings (SSSR count). The molecule has 0 bridgehead atoms. The number of rotatable bonds is 2. The van der Waals surface area contributed by atoms with Gasteiger partial charge in [-0.05, 0) is 36.9 Å². The molecule has 1 heterocycles. The molecular weight excluding hydrogens is 215 g/mol. The van der Waals surface area contributed by atoms with Gasteiger partial charge in [0.05, 0.1) is 0 Å². The Hall–Kier alpha value is -1.09. The van der Waals surface area contributed by atoms with Crippen LogP contribution in [0.15, 0.2) is 18.2 Å². The lowest BCUT2D eigenvalue weighted by Gasteiger charge is -2.38. The first-order valence-electron chi connectivity index (χ1n) is 6.23. The molecule has 0 amide bonds. The highest BCUT2D eigenvalue weighted by Crippen LogP contribution is 2.30. The Morgan fingerprint density at radius 2 is 2.18 bits per heavy atom. The van der Waals surface area contributed by atoms with E-state index in [1.165, 1.54) is 18.9 Å². The van der Waals surface area contributed by atoms with Crippen LogP contribution >= 0.6 is 0 Å². The molecule has 3 heteroatoms. The molecule has 0 spiro atoms. The molecule has 17 heavy (non-hydrogen) atoms. The van der Waals surface area contributed by atoms with E-state index in [1.807, 2.05) is 0 Å². The van der Waals surface area contributed by atoms with Crippen molar-refractivity contribution in [3.05, 3.63) is 29.6 Å². The van der Waals surface area contributed by atoms with Crippen LogP contribution in [0.25, 0.3) is 0 Å². The van der Waals surface area contributed by atoms with Crippen molar-refractivity contribution in [3.8, 4) is 0 Å². The zero-order valence-corrected chi connectivity index (χ0v) is 10.7. The molecule has 1 aliphatic heterocycles. The number of likely N-dealkylation sites (tertiary alicyclic amines) is 1. The second-order valence-corrected chi connectivity index (χ2v) is 5.79. The number of benzene rings is 1. The summed E-state index contributed by atoms with van der Waals surface area (Å²) in [6, 6.07) is 4.92. The molecule has 1 aliphatic rings. The fourth-order valence-corrected chi connectivity index (χ4v) is 2.65. The average molecular weight is 236 g/mol. The Morgan fingerprint density at radius 1 is 1.41 bits per heavy atom. The van der Waals surface area contributed by atoms with Crippen LogP contribution in [0.1, 0.15) is 32.3 Å². The zero-order valence-electron chi connectivity index (χ0n) is 10.7. The van der Waals surface area contributed by atoms with Crippen molar-refractivity contribution in [2.24, 2.45) is 5.41 Å². The molecule has 1 fully saturated rings. The molecule has 94 valence electrons. The molecule has 0 saturated carbocycles. The molecule has 0 atom stereocenters. The first kappa shape index (κ1) is 12.4. The van der Waals surface area contributed by atoms with Gasteiger partial charge in [-0.3, -0.25) is 4.90 Å². The maximum absolute atomic E-state index is 13.7. The second-order valence-electron chi connectivity index (χ2n) is 5.79. The van der Waals surface area contributed by atoms with E-state index in [0.717, 1.165) is 13.1 Å². The molecule has 1 aromatic rings. The second kappa shape index (κ2) is 4.65. The third-order valence-corrected chi connectivity index (χ3v) is 3.52. The molecule has 1 saturated heterocycles. The minimum Gasteiger partial charge on any atom is -0.398 e. The summed E-state index contributed by atoms with van der Waals surface area (Å²) < 4.78 is 13.7. The SMILES string of the molecule is CC1(C)CCCN(Cc2c(N)cccc2F)C1. The van der Waals surface area contributed by atoms with Crippen LogP contribution in [0.3, 0.4) is 0 Å². The summed E-state index contributed by atoms with van der Waals surface area (Å²) in [7, 11) is 0. The molecule has 0 radical (unpaired) electrons. The van der Waals surface area contributed by atoms with Crippen LogP contribution in [0.2, 0.25) is 0 Å². The fourth-order valence-electron chi connectivity index (χ4n) is 2.65. The van der Waals surface area contributed by atoms with Gasteiger partial charge in [0.15, 0.2) is 0 Å². The molecule has 0 aliphatic carbocycles. The van der Waals surface area contributed by atoms with E-state index in [9.17, 15) is 4.39 Å². The molecule has 1 aromatic carbocycles. The van der Waals surface area contributed by atoms with Crippen LogP contribution in [-0.4, -0.2) is 18.0 Å². The van der Waals surface area contributed by atoms with Crippen LogP contribution in [0, 0.1) is 11.2 Å². The molecule has 0 unspecified atom stereocenters. The molecule has 0 aromatic heterocycles. The van der Waals surface area contributed by atoms with Crippen LogP contribution in [0.5, 0.6) is 0 Å². The quantitative estimate of drug-likeness (QED) is 0.800. The Kier molecular flexibility index (Phi) is 3.38. The number of hydrogen-bond acceptors (Lipinski definition) is 2. The van der Waals surface area contributed by atoms with Gasteiger partial charge in [-0.2, -0.15) is 0 Å². The Morgan fingerprint density at radius 3 is 2.82 bits per heavy atom. The van der Waals surface area contributed by atoms with Gasteiger partial charge >= 0.3 is 0 Å². The average Bonchev–Trinajstić information content (AvgIpc) is 2.22. The smallest absolute Gasteiger partial charge is 0.129 e. The lowest BCUT2D eigenvalue weighted by Crippen LogP contribution is -2.39. The summed E-state index contributed by atoms with van der Waals surface area (Å²) in [6.45, 7) is 7.22. The van der Waals surface area contributed by atoms with Crippen molar-refractivity contribution >= 4 is 5.69 Å². The Bertz CT molecular complexity index is 381. The van der Waals surface area contributed by atoms with Gasteiger partial charge < -0.3 is 5.73 Å². The zero-order chi connectivity index (χ0) is 12.5. The minimum absolute atomic E-state index is 0.187. The predicted molar refractivity (Wildman–Crippen MR) is 69.1 cm³/mol. The lowest BCUT2D eigenvalue weighted by molar-refractivity contribution is 0.111. The van der Waals surface area contributed by atoms with Gasteiger partial charge in [0.1, 0.15) is 5.82 Å². The van der Waals surface area contributed by atoms with E-state index >= 15 is 0 Å². The van der Waals surface area contributed by atoms with E-state index in [-0.39, 0.29) is 5.82 Å². The van der Waals surface area contributed by atoms with Gasteiger partial charge in [0, 0.05) is 24.3 Å². The first-order valence-corrected chi connectivity index (χ1v) is 6.23. The van der Waals surface area contributed by atoms with Gasteiger partial charge in [-0.1, -0.05) is 19.9 Å². The van der Waals surface area contributed by atoms with E-state index in [4.69, 9.17) is 5.73 Å².